The average Bonchev–Trinajstić information content (AvgIpc) is 2.53. The molecule has 1 unspecified atom stereocenters. The minimum Gasteiger partial charge on any atom is -0.394 e. The van der Waals surface area contributed by atoms with Crippen LogP contribution in [0, 0.1) is 0 Å². The number of carbonyl (C=O) groups excluding carboxylic acids is 1. The molecule has 0 aromatic heterocycles. The van der Waals surface area contributed by atoms with Crippen molar-refractivity contribution in [2.75, 3.05) is 20.2 Å². The van der Waals surface area contributed by atoms with E-state index in [1.54, 1.807) is 11.9 Å². The summed E-state index contributed by atoms with van der Waals surface area (Å²) in [4.78, 5) is 13.7. The van der Waals surface area contributed by atoms with Gasteiger partial charge < -0.3 is 20.4 Å². The Morgan fingerprint density at radius 2 is 1.77 bits per heavy atom. The van der Waals surface area contributed by atoms with Crippen molar-refractivity contribution in [3.8, 4) is 0 Å². The van der Waals surface area contributed by atoms with Gasteiger partial charge in [0.15, 0.2) is 5.78 Å². The predicted molar refractivity (Wildman–Crippen MR) is 82.4 cm³/mol. The van der Waals surface area contributed by atoms with Gasteiger partial charge in [0.05, 0.1) is 13.2 Å². The summed E-state index contributed by atoms with van der Waals surface area (Å²) in [6.45, 7) is 1.20. The number of rotatable bonds is 9. The second-order valence-corrected chi connectivity index (χ2v) is 5.61. The molecule has 0 spiro atoms. The van der Waals surface area contributed by atoms with Crippen molar-refractivity contribution in [3.63, 3.8) is 0 Å². The minimum absolute atomic E-state index is 0.0512. The van der Waals surface area contributed by atoms with Crippen molar-refractivity contribution in [2.24, 2.45) is 0 Å². The summed E-state index contributed by atoms with van der Waals surface area (Å²) < 4.78 is 0. The molecule has 6 nitrogen and oxygen atoms in total. The van der Waals surface area contributed by atoms with E-state index in [2.05, 4.69) is 0 Å². The van der Waals surface area contributed by atoms with Crippen LogP contribution in [0.2, 0.25) is 0 Å². The lowest BCUT2D eigenvalue weighted by Gasteiger charge is -2.27. The van der Waals surface area contributed by atoms with Crippen LogP contribution in [-0.2, 0) is 11.2 Å². The van der Waals surface area contributed by atoms with E-state index in [1.165, 1.54) is 0 Å². The van der Waals surface area contributed by atoms with Gasteiger partial charge >= 0.3 is 0 Å². The minimum atomic E-state index is -1.71. The lowest BCUT2D eigenvalue weighted by Crippen LogP contribution is -2.48. The van der Waals surface area contributed by atoms with Crippen molar-refractivity contribution < 1.29 is 25.2 Å². The molecular formula is C16H25NO5. The largest absolute Gasteiger partial charge is 0.394 e. The first-order valence-corrected chi connectivity index (χ1v) is 7.28. The lowest BCUT2D eigenvalue weighted by atomic mass is 10.0. The summed E-state index contributed by atoms with van der Waals surface area (Å²) in [6, 6.07) is 9.90. The molecule has 0 aliphatic heterocycles. The third-order valence-electron chi connectivity index (χ3n) is 3.77. The van der Waals surface area contributed by atoms with E-state index in [-0.39, 0.29) is 12.6 Å². The Balaban J connectivity index is 2.52. The lowest BCUT2D eigenvalue weighted by molar-refractivity contribution is -0.141. The number of Topliss-reactive ketones (excluding diaryl/α,β-unsaturated/α-hetero) is 1. The molecule has 6 heteroatoms. The van der Waals surface area contributed by atoms with Crippen LogP contribution in [0.1, 0.15) is 12.5 Å². The van der Waals surface area contributed by atoms with Gasteiger partial charge in [-0.25, -0.2) is 0 Å². The molecule has 22 heavy (non-hydrogen) atoms. The molecule has 1 aromatic carbocycles. The fraction of sp³-hybridized carbons (Fsp3) is 0.562. The molecule has 0 fully saturated rings. The Morgan fingerprint density at radius 3 is 2.32 bits per heavy atom. The standard InChI is InChI=1S/C16H25NO5/c1-11(8-12-6-4-3-5-7-12)17(2)9-13(19)15(21)16(22)14(20)10-18/h3-7,11,14-16,18,20-22H,8-10H2,1-2H3/t11?,14-,15-,16-/m1/s1. The van der Waals surface area contributed by atoms with Crippen LogP contribution < -0.4 is 0 Å². The molecule has 0 radical (unpaired) electrons. The van der Waals surface area contributed by atoms with Crippen molar-refractivity contribution >= 4 is 5.78 Å². The van der Waals surface area contributed by atoms with Crippen LogP contribution in [0.15, 0.2) is 30.3 Å². The van der Waals surface area contributed by atoms with Gasteiger partial charge in [0.1, 0.15) is 18.3 Å². The van der Waals surface area contributed by atoms with E-state index in [0.29, 0.717) is 0 Å². The highest BCUT2D eigenvalue weighted by Gasteiger charge is 2.30. The molecule has 1 rings (SSSR count). The van der Waals surface area contributed by atoms with Gasteiger partial charge in [-0.15, -0.1) is 0 Å². The smallest absolute Gasteiger partial charge is 0.177 e. The highest BCUT2D eigenvalue weighted by Crippen LogP contribution is 2.09. The molecule has 0 heterocycles. The van der Waals surface area contributed by atoms with Crippen molar-refractivity contribution in [1.29, 1.82) is 0 Å². The molecule has 0 aliphatic carbocycles. The third-order valence-corrected chi connectivity index (χ3v) is 3.77. The summed E-state index contributed by atoms with van der Waals surface area (Å²) in [5.41, 5.74) is 1.14. The number of nitrogens with zero attached hydrogens (tertiary/aromatic N) is 1. The summed E-state index contributed by atoms with van der Waals surface area (Å²) in [7, 11) is 1.76. The zero-order valence-electron chi connectivity index (χ0n) is 13.0. The first-order valence-electron chi connectivity index (χ1n) is 7.28. The van der Waals surface area contributed by atoms with Gasteiger partial charge in [-0.05, 0) is 26.0 Å². The third kappa shape index (κ3) is 5.47. The van der Waals surface area contributed by atoms with E-state index < -0.39 is 30.7 Å². The summed E-state index contributed by atoms with van der Waals surface area (Å²) in [5, 5.41) is 37.2. The van der Waals surface area contributed by atoms with Crippen LogP contribution >= 0.6 is 0 Å². The molecule has 124 valence electrons. The van der Waals surface area contributed by atoms with Crippen LogP contribution in [0.3, 0.4) is 0 Å². The Bertz CT molecular complexity index is 453. The monoisotopic (exact) mass is 311 g/mol. The molecule has 0 saturated carbocycles. The number of aliphatic hydroxyl groups excluding tert-OH is 4. The van der Waals surface area contributed by atoms with Gasteiger partial charge in [0.25, 0.3) is 0 Å². The average molecular weight is 311 g/mol. The van der Waals surface area contributed by atoms with Gasteiger partial charge in [0.2, 0.25) is 0 Å². The van der Waals surface area contributed by atoms with Crippen LogP contribution in [0.25, 0.3) is 0 Å². The highest BCUT2D eigenvalue weighted by atomic mass is 16.4. The predicted octanol–water partition coefficient (Wildman–Crippen LogP) is -0.806. The number of hydrogen-bond donors (Lipinski definition) is 4. The Labute approximate surface area is 130 Å². The maximum atomic E-state index is 11.9. The number of likely N-dealkylation sites (N-methyl/N-ethyl adjacent to an activating group) is 1. The Kier molecular flexibility index (Phi) is 7.64. The summed E-state index contributed by atoms with van der Waals surface area (Å²) >= 11 is 0. The Morgan fingerprint density at radius 1 is 1.18 bits per heavy atom. The van der Waals surface area contributed by atoms with Gasteiger partial charge in [-0.3, -0.25) is 9.69 Å². The molecule has 4 N–H and O–H groups in total. The topological polar surface area (TPSA) is 101 Å². The van der Waals surface area contributed by atoms with E-state index >= 15 is 0 Å². The first kappa shape index (κ1) is 18.7. The zero-order valence-corrected chi connectivity index (χ0v) is 13.0. The number of carbonyl (C=O) groups is 1. The van der Waals surface area contributed by atoms with Crippen molar-refractivity contribution in [3.05, 3.63) is 35.9 Å². The maximum absolute atomic E-state index is 11.9. The molecule has 0 aliphatic rings. The van der Waals surface area contributed by atoms with Crippen LogP contribution in [0.5, 0.6) is 0 Å². The van der Waals surface area contributed by atoms with Crippen molar-refractivity contribution in [1.82, 2.24) is 4.90 Å². The maximum Gasteiger partial charge on any atom is 0.177 e. The van der Waals surface area contributed by atoms with Gasteiger partial charge in [0, 0.05) is 6.04 Å². The molecule has 0 saturated heterocycles. The number of hydrogen-bond acceptors (Lipinski definition) is 6. The normalized spacial score (nSPS) is 17.0. The molecular weight excluding hydrogens is 286 g/mol. The van der Waals surface area contributed by atoms with E-state index in [9.17, 15) is 20.1 Å². The van der Waals surface area contributed by atoms with Crippen LogP contribution in [-0.4, -0.2) is 75.7 Å². The fourth-order valence-corrected chi connectivity index (χ4v) is 2.12. The van der Waals surface area contributed by atoms with Crippen LogP contribution in [0.4, 0.5) is 0 Å². The molecule has 4 atom stereocenters. The number of aliphatic hydroxyl groups is 4. The van der Waals surface area contributed by atoms with E-state index in [4.69, 9.17) is 5.11 Å². The SMILES string of the molecule is CC(Cc1ccccc1)N(C)CC(=O)[C@@H](O)[C@H](O)[C@H](O)CO. The fourth-order valence-electron chi connectivity index (χ4n) is 2.12. The quantitative estimate of drug-likeness (QED) is 0.476. The zero-order chi connectivity index (χ0) is 16.7. The van der Waals surface area contributed by atoms with Gasteiger partial charge in [-0.2, -0.15) is 0 Å². The molecule has 0 amide bonds. The second-order valence-electron chi connectivity index (χ2n) is 5.61. The summed E-state index contributed by atoms with van der Waals surface area (Å²) in [5.74, 6) is -0.595. The molecule has 1 aromatic rings. The molecule has 0 bridgehead atoms. The van der Waals surface area contributed by atoms with Crippen molar-refractivity contribution in [2.45, 2.75) is 37.7 Å². The number of ketones is 1. The van der Waals surface area contributed by atoms with E-state index in [0.717, 1.165) is 12.0 Å². The Hall–Kier alpha value is -1.31. The summed E-state index contributed by atoms with van der Waals surface area (Å²) in [6.07, 6.45) is -4.18. The van der Waals surface area contributed by atoms with Gasteiger partial charge in [-0.1, -0.05) is 30.3 Å². The second kappa shape index (κ2) is 8.97. The van der Waals surface area contributed by atoms with E-state index in [1.807, 2.05) is 37.3 Å². The first-order chi connectivity index (χ1) is 10.4. The number of benzene rings is 1. The highest BCUT2D eigenvalue weighted by molar-refractivity contribution is 5.85.